The van der Waals surface area contributed by atoms with Crippen LogP contribution in [0.1, 0.15) is 45.7 Å². The monoisotopic (exact) mass is 524 g/mol. The molecule has 0 N–H and O–H groups in total. The highest BCUT2D eigenvalue weighted by molar-refractivity contribution is 5.92. The minimum Gasteiger partial charge on any atom is -0.298 e. The van der Waals surface area contributed by atoms with Gasteiger partial charge >= 0.3 is 0 Å². The normalized spacial score (nSPS) is 12.8. The van der Waals surface area contributed by atoms with E-state index in [1.165, 1.54) is 0 Å². The van der Waals surface area contributed by atoms with Crippen LogP contribution in [0.3, 0.4) is 0 Å². The van der Waals surface area contributed by atoms with Crippen molar-refractivity contribution in [3.8, 4) is 0 Å². The lowest BCUT2D eigenvalue weighted by Gasteiger charge is -2.23. The highest BCUT2D eigenvalue weighted by atomic mass is 16.1. The highest BCUT2D eigenvalue weighted by Gasteiger charge is 2.32. The lowest BCUT2D eigenvalue weighted by atomic mass is 9.81. The summed E-state index contributed by atoms with van der Waals surface area (Å²) in [5.74, 6) is -0.863. The van der Waals surface area contributed by atoms with Crippen LogP contribution >= 0.6 is 0 Å². The van der Waals surface area contributed by atoms with Gasteiger partial charge in [0.05, 0.1) is 45.3 Å². The third-order valence-electron chi connectivity index (χ3n) is 7.17. The zero-order valence-electron chi connectivity index (χ0n) is 22.4. The van der Waals surface area contributed by atoms with Crippen LogP contribution < -0.4 is 0 Å². The fourth-order valence-electron chi connectivity index (χ4n) is 5.20. The number of Topliss-reactive ketones (excluding diaryl/α,β-unsaturated/α-hetero) is 1. The Kier molecular flexibility index (Phi) is 7.02. The summed E-state index contributed by atoms with van der Waals surface area (Å²) in [6.45, 7) is 3.90. The molecule has 6 rings (SSSR count). The fourth-order valence-corrected chi connectivity index (χ4v) is 5.20. The Morgan fingerprint density at radius 1 is 0.575 bits per heavy atom. The molecule has 0 amide bonds. The molecule has 2 atom stereocenters. The van der Waals surface area contributed by atoms with Crippen molar-refractivity contribution in [3.05, 3.63) is 131 Å². The lowest BCUT2D eigenvalue weighted by molar-refractivity contribution is -0.122. The molecule has 0 aliphatic carbocycles. The van der Waals surface area contributed by atoms with Crippen molar-refractivity contribution < 1.29 is 4.79 Å². The molecule has 0 fully saturated rings. The second-order valence-electron chi connectivity index (χ2n) is 10.1. The maximum atomic E-state index is 14.7. The number of ketones is 1. The topological polar surface area (TPSA) is 94.4 Å². The zero-order valence-corrected chi connectivity index (χ0v) is 22.4. The third-order valence-corrected chi connectivity index (χ3v) is 7.17. The lowest BCUT2D eigenvalue weighted by Crippen LogP contribution is -2.26. The molecule has 6 aromatic rings. The summed E-state index contributed by atoms with van der Waals surface area (Å²) >= 11 is 0. The fraction of sp³-hybridized carbons (Fsp3) is 0.182. The van der Waals surface area contributed by atoms with E-state index in [-0.39, 0.29) is 5.78 Å². The van der Waals surface area contributed by atoms with Crippen molar-refractivity contribution in [3.63, 3.8) is 0 Å². The second kappa shape index (κ2) is 11.1. The van der Waals surface area contributed by atoms with Crippen LogP contribution in [-0.2, 0) is 17.6 Å². The minimum absolute atomic E-state index is 0.0784. The highest BCUT2D eigenvalue weighted by Crippen LogP contribution is 2.32. The third kappa shape index (κ3) is 5.45. The van der Waals surface area contributed by atoms with Gasteiger partial charge in [-0.2, -0.15) is 0 Å². The number of nitrogens with zero attached hydrogens (tertiary/aromatic N) is 6. The van der Waals surface area contributed by atoms with Gasteiger partial charge in [-0.25, -0.2) is 0 Å². The first-order valence-corrected chi connectivity index (χ1v) is 13.3. The van der Waals surface area contributed by atoms with Crippen molar-refractivity contribution in [1.82, 2.24) is 29.9 Å². The first-order chi connectivity index (χ1) is 19.5. The molecule has 2 aromatic carbocycles. The van der Waals surface area contributed by atoms with Crippen molar-refractivity contribution >= 4 is 27.9 Å². The molecule has 4 heterocycles. The summed E-state index contributed by atoms with van der Waals surface area (Å²) < 4.78 is 0. The molecule has 0 saturated carbocycles. The average molecular weight is 525 g/mol. The van der Waals surface area contributed by atoms with Gasteiger partial charge in [0.25, 0.3) is 0 Å². The smallest absolute Gasteiger partial charge is 0.151 e. The predicted octanol–water partition coefficient (Wildman–Crippen LogP) is 5.90. The van der Waals surface area contributed by atoms with E-state index in [2.05, 4.69) is 19.9 Å². The van der Waals surface area contributed by atoms with Crippen LogP contribution in [0.2, 0.25) is 0 Å². The van der Waals surface area contributed by atoms with E-state index in [1.54, 1.807) is 24.8 Å². The van der Waals surface area contributed by atoms with E-state index >= 15 is 0 Å². The summed E-state index contributed by atoms with van der Waals surface area (Å²) in [6.07, 6.45) is 7.72. The number of carbonyl (C=O) groups excluding carboxylic acids is 1. The van der Waals surface area contributed by atoms with Gasteiger partial charge in [-0.15, -0.1) is 0 Å². The van der Waals surface area contributed by atoms with Crippen molar-refractivity contribution in [2.45, 2.75) is 38.5 Å². The number of benzene rings is 2. The molecule has 7 nitrogen and oxygen atoms in total. The Morgan fingerprint density at radius 3 is 1.43 bits per heavy atom. The number of rotatable bonds is 8. The van der Waals surface area contributed by atoms with Crippen molar-refractivity contribution in [1.29, 1.82) is 0 Å². The van der Waals surface area contributed by atoms with Crippen LogP contribution in [0.4, 0.5) is 0 Å². The van der Waals surface area contributed by atoms with Crippen LogP contribution in [0, 0.1) is 13.8 Å². The molecular formula is C33H28N6O. The maximum Gasteiger partial charge on any atom is 0.151 e. The largest absolute Gasteiger partial charge is 0.298 e. The first kappa shape index (κ1) is 25.4. The summed E-state index contributed by atoms with van der Waals surface area (Å²) in [5, 5.41) is 0. The van der Waals surface area contributed by atoms with Gasteiger partial charge in [0, 0.05) is 36.2 Å². The number of hydrogen-bond acceptors (Lipinski definition) is 7. The van der Waals surface area contributed by atoms with Gasteiger partial charge in [0.15, 0.2) is 5.78 Å². The molecule has 0 bridgehead atoms. The van der Waals surface area contributed by atoms with Gasteiger partial charge in [-0.3, -0.25) is 34.7 Å². The number of pyridine rings is 2. The summed E-state index contributed by atoms with van der Waals surface area (Å²) in [6, 6.07) is 23.7. The minimum atomic E-state index is -0.471. The number of aryl methyl sites for hydroxylation is 2. The summed E-state index contributed by atoms with van der Waals surface area (Å²) in [4.78, 5) is 42.0. The van der Waals surface area contributed by atoms with E-state index in [0.717, 1.165) is 56.0 Å². The number of fused-ring (bicyclic) bond motifs is 2. The molecule has 0 radical (unpaired) electrons. The predicted molar refractivity (Wildman–Crippen MR) is 155 cm³/mol. The number of carbonyl (C=O) groups is 1. The van der Waals surface area contributed by atoms with E-state index in [9.17, 15) is 4.79 Å². The molecule has 4 aromatic heterocycles. The van der Waals surface area contributed by atoms with Crippen LogP contribution in [0.5, 0.6) is 0 Å². The molecule has 0 saturated heterocycles. The molecule has 0 spiro atoms. The number of aromatic nitrogens is 6. The van der Waals surface area contributed by atoms with E-state index < -0.39 is 11.8 Å². The summed E-state index contributed by atoms with van der Waals surface area (Å²) in [5.41, 5.74) is 8.52. The van der Waals surface area contributed by atoms with Gasteiger partial charge in [0.1, 0.15) is 0 Å². The molecule has 7 heteroatoms. The number of hydrogen-bond donors (Lipinski definition) is 0. The van der Waals surface area contributed by atoms with Crippen molar-refractivity contribution in [2.24, 2.45) is 0 Å². The van der Waals surface area contributed by atoms with E-state index in [1.807, 2.05) is 86.6 Å². The molecule has 196 valence electrons. The van der Waals surface area contributed by atoms with Gasteiger partial charge < -0.3 is 0 Å². The Balaban J connectivity index is 1.42. The van der Waals surface area contributed by atoms with Crippen molar-refractivity contribution in [2.75, 3.05) is 0 Å². The molecule has 0 aliphatic rings. The second-order valence-corrected chi connectivity index (χ2v) is 10.1. The van der Waals surface area contributed by atoms with Gasteiger partial charge in [0.2, 0.25) is 0 Å². The zero-order chi connectivity index (χ0) is 27.5. The Hall–Kier alpha value is -4.91. The summed E-state index contributed by atoms with van der Waals surface area (Å²) in [7, 11) is 0. The van der Waals surface area contributed by atoms with Crippen LogP contribution in [0.25, 0.3) is 22.1 Å². The Bertz CT molecular complexity index is 1700. The molecule has 2 unspecified atom stereocenters. The molecule has 40 heavy (non-hydrogen) atoms. The van der Waals surface area contributed by atoms with E-state index in [4.69, 9.17) is 9.97 Å². The van der Waals surface area contributed by atoms with Crippen LogP contribution in [0.15, 0.2) is 97.6 Å². The first-order valence-electron chi connectivity index (χ1n) is 13.3. The standard InChI is InChI=1S/C33H28N6O/c1-21-5-3-7-27(38-21)25(17-23-9-11-29-31(19-23)36-15-13-34-29)33(40)26(28-8-4-6-22(2)39-28)18-24-10-12-30-32(20-24)37-16-14-35-30/h3-16,19-20,25-26H,17-18H2,1-2H3. The van der Waals surface area contributed by atoms with Gasteiger partial charge in [-0.05, 0) is 86.3 Å². The quantitative estimate of drug-likeness (QED) is 0.245. The molecule has 0 aliphatic heterocycles. The molecular weight excluding hydrogens is 496 g/mol. The van der Waals surface area contributed by atoms with Crippen LogP contribution in [-0.4, -0.2) is 35.7 Å². The SMILES string of the molecule is Cc1cccc(C(Cc2ccc3nccnc3c2)C(=O)C(Cc2ccc3nccnc3c2)c2cccc(C)n2)n1. The maximum absolute atomic E-state index is 14.7. The average Bonchev–Trinajstić information content (AvgIpc) is 2.98. The van der Waals surface area contributed by atoms with E-state index in [0.29, 0.717) is 12.8 Å². The Labute approximate surface area is 232 Å². The Morgan fingerprint density at radius 2 is 1.00 bits per heavy atom. The van der Waals surface area contributed by atoms with Gasteiger partial charge in [-0.1, -0.05) is 24.3 Å².